The Balaban J connectivity index is 2.28. The molecule has 1 atom stereocenters. The predicted molar refractivity (Wildman–Crippen MR) is 109 cm³/mol. The number of hydrogen-bond donors (Lipinski definition) is 1. The highest BCUT2D eigenvalue weighted by Gasteiger charge is 2.24. The number of esters is 1. The van der Waals surface area contributed by atoms with E-state index in [1.54, 1.807) is 37.3 Å². The normalized spacial score (nSPS) is 13.0. The van der Waals surface area contributed by atoms with Gasteiger partial charge >= 0.3 is 5.97 Å². The van der Waals surface area contributed by atoms with Crippen LogP contribution >= 0.6 is 11.6 Å². The molecule has 0 saturated heterocycles. The number of benzene rings is 2. The maximum atomic E-state index is 12.8. The summed E-state index contributed by atoms with van der Waals surface area (Å²) in [6.07, 6.45) is 0.822. The van der Waals surface area contributed by atoms with Crippen LogP contribution in [0.4, 0.5) is 0 Å². The zero-order valence-electron chi connectivity index (χ0n) is 16.0. The van der Waals surface area contributed by atoms with E-state index in [0.29, 0.717) is 16.2 Å². The summed E-state index contributed by atoms with van der Waals surface area (Å²) in [4.78, 5) is 25.0. The van der Waals surface area contributed by atoms with Crippen LogP contribution in [0, 0.1) is 0 Å². The maximum Gasteiger partial charge on any atom is 0.339 e. The lowest BCUT2D eigenvalue weighted by atomic mass is 10.0. The molecule has 2 aromatic rings. The van der Waals surface area contributed by atoms with Crippen LogP contribution in [0.2, 0.25) is 5.02 Å². The van der Waals surface area contributed by atoms with Gasteiger partial charge in [0, 0.05) is 10.6 Å². The lowest BCUT2D eigenvalue weighted by Gasteiger charge is -2.23. The Morgan fingerprint density at radius 1 is 1.04 bits per heavy atom. The molecule has 2 rings (SSSR count). The van der Waals surface area contributed by atoms with E-state index in [2.05, 4.69) is 5.32 Å². The van der Waals surface area contributed by atoms with Crippen LogP contribution in [0.1, 0.15) is 38.8 Å². The van der Waals surface area contributed by atoms with E-state index in [4.69, 9.17) is 16.3 Å². The van der Waals surface area contributed by atoms with Crippen LogP contribution in [0.3, 0.4) is 0 Å². The third kappa shape index (κ3) is 6.57. The molecule has 0 bridgehead atoms. The molecule has 0 unspecified atom stereocenters. The average molecular weight is 386 g/mol. The van der Waals surface area contributed by atoms with Crippen LogP contribution in [-0.2, 0) is 14.3 Å². The molecular weight excluding hydrogens is 362 g/mol. The molecule has 0 saturated carbocycles. The first-order chi connectivity index (χ1) is 12.7. The monoisotopic (exact) mass is 385 g/mol. The van der Waals surface area contributed by atoms with Gasteiger partial charge in [0.1, 0.15) is 0 Å². The highest BCUT2D eigenvalue weighted by atomic mass is 35.5. The van der Waals surface area contributed by atoms with E-state index >= 15 is 0 Å². The molecule has 0 aliphatic carbocycles. The van der Waals surface area contributed by atoms with Crippen molar-refractivity contribution in [2.75, 3.05) is 0 Å². The van der Waals surface area contributed by atoms with Gasteiger partial charge in [0.15, 0.2) is 6.10 Å². The Kier molecular flexibility index (Phi) is 6.81. The summed E-state index contributed by atoms with van der Waals surface area (Å²) in [6.45, 7) is 7.16. The van der Waals surface area contributed by atoms with Crippen LogP contribution < -0.4 is 5.32 Å². The van der Waals surface area contributed by atoms with E-state index < -0.39 is 17.6 Å². The van der Waals surface area contributed by atoms with Crippen molar-refractivity contribution in [3.8, 4) is 0 Å². The summed E-state index contributed by atoms with van der Waals surface area (Å²) in [7, 11) is 0. The molecule has 2 aromatic carbocycles. The van der Waals surface area contributed by atoms with Crippen LogP contribution in [0.15, 0.2) is 54.6 Å². The zero-order valence-corrected chi connectivity index (χ0v) is 16.7. The fraction of sp³-hybridized carbons (Fsp3) is 0.273. The quantitative estimate of drug-likeness (QED) is 0.460. The highest BCUT2D eigenvalue weighted by molar-refractivity contribution is 6.30. The van der Waals surface area contributed by atoms with E-state index in [0.717, 1.165) is 5.56 Å². The molecule has 0 radical (unpaired) electrons. The van der Waals surface area contributed by atoms with Crippen molar-refractivity contribution in [2.45, 2.75) is 39.3 Å². The number of rotatable bonds is 5. The van der Waals surface area contributed by atoms with Gasteiger partial charge in [-0.15, -0.1) is 0 Å². The summed E-state index contributed by atoms with van der Waals surface area (Å²) >= 11 is 5.95. The lowest BCUT2D eigenvalue weighted by molar-refractivity contribution is -0.149. The second kappa shape index (κ2) is 8.87. The second-order valence-corrected chi connectivity index (χ2v) is 7.70. The fourth-order valence-corrected chi connectivity index (χ4v) is 2.48. The van der Waals surface area contributed by atoms with Gasteiger partial charge in [-0.1, -0.05) is 54.1 Å². The molecule has 0 fully saturated rings. The molecule has 1 N–H and O–H groups in total. The predicted octanol–water partition coefficient (Wildman–Crippen LogP) is 4.73. The molecule has 27 heavy (non-hydrogen) atoms. The number of ether oxygens (including phenoxy) is 1. The smallest absolute Gasteiger partial charge is 0.339 e. The summed E-state index contributed by atoms with van der Waals surface area (Å²) < 4.78 is 5.42. The van der Waals surface area contributed by atoms with Crippen LogP contribution in [0.25, 0.3) is 11.6 Å². The third-order valence-electron chi connectivity index (χ3n) is 3.64. The molecule has 4 nitrogen and oxygen atoms in total. The van der Waals surface area contributed by atoms with E-state index in [1.165, 1.54) is 0 Å². The summed E-state index contributed by atoms with van der Waals surface area (Å²) in [6, 6.07) is 16.4. The maximum absolute atomic E-state index is 12.8. The number of amides is 1. The van der Waals surface area contributed by atoms with Crippen molar-refractivity contribution in [3.63, 3.8) is 0 Å². The number of nitrogens with one attached hydrogen (secondary N) is 1. The Bertz CT molecular complexity index is 821. The van der Waals surface area contributed by atoms with Gasteiger partial charge in [-0.25, -0.2) is 4.79 Å². The van der Waals surface area contributed by atoms with Gasteiger partial charge in [-0.05, 0) is 57.0 Å². The van der Waals surface area contributed by atoms with Crippen LogP contribution in [-0.4, -0.2) is 23.5 Å². The lowest BCUT2D eigenvalue weighted by Crippen LogP contribution is -2.46. The minimum Gasteiger partial charge on any atom is -0.449 e. The summed E-state index contributed by atoms with van der Waals surface area (Å²) in [5, 5.41) is 3.38. The first kappa shape index (κ1) is 20.7. The van der Waals surface area contributed by atoms with Crippen LogP contribution in [0.5, 0.6) is 0 Å². The van der Waals surface area contributed by atoms with Gasteiger partial charge in [-0.2, -0.15) is 0 Å². The van der Waals surface area contributed by atoms with Gasteiger partial charge < -0.3 is 10.1 Å². The molecule has 0 heterocycles. The molecule has 0 aliphatic heterocycles. The molecule has 0 aromatic heterocycles. The number of carbonyl (C=O) groups excluding carboxylic acids is 2. The number of hydrogen-bond acceptors (Lipinski definition) is 3. The average Bonchev–Trinajstić information content (AvgIpc) is 2.60. The van der Waals surface area contributed by atoms with Crippen molar-refractivity contribution in [1.29, 1.82) is 0 Å². The minimum atomic E-state index is -0.914. The van der Waals surface area contributed by atoms with Crippen molar-refractivity contribution >= 4 is 35.1 Å². The number of halogens is 1. The highest BCUT2D eigenvalue weighted by Crippen LogP contribution is 2.22. The number of carbonyl (C=O) groups is 2. The molecular formula is C22H24ClNO3. The zero-order chi connectivity index (χ0) is 20.0. The van der Waals surface area contributed by atoms with Gasteiger partial charge in [-0.3, -0.25) is 4.79 Å². The molecule has 0 spiro atoms. The Morgan fingerprint density at radius 3 is 2.19 bits per heavy atom. The molecule has 0 aliphatic rings. The minimum absolute atomic E-state index is 0.342. The fourth-order valence-electron chi connectivity index (χ4n) is 2.35. The first-order valence-corrected chi connectivity index (χ1v) is 9.09. The Labute approximate surface area is 165 Å². The van der Waals surface area contributed by atoms with Gasteiger partial charge in [0.2, 0.25) is 0 Å². The standard InChI is InChI=1S/C22H24ClNO3/c1-15(20(25)24-22(2,3)4)27-21(26)19(14-16-8-6-5-7-9-16)17-10-12-18(23)13-11-17/h5-15H,1-4H3,(H,24,25)/b19-14+/t15-/m0/s1. The van der Waals surface area contributed by atoms with Gasteiger partial charge in [0.25, 0.3) is 5.91 Å². The Hall–Kier alpha value is -2.59. The summed E-state index contributed by atoms with van der Waals surface area (Å²) in [5.41, 5.74) is 1.47. The Morgan fingerprint density at radius 2 is 1.63 bits per heavy atom. The SMILES string of the molecule is C[C@H](OC(=O)/C(=C/c1ccccc1)c1ccc(Cl)cc1)C(=O)NC(C)(C)C. The van der Waals surface area contributed by atoms with Crippen molar-refractivity contribution < 1.29 is 14.3 Å². The summed E-state index contributed by atoms with van der Waals surface area (Å²) in [5.74, 6) is -0.913. The first-order valence-electron chi connectivity index (χ1n) is 8.71. The third-order valence-corrected chi connectivity index (χ3v) is 3.89. The van der Waals surface area contributed by atoms with Crippen molar-refractivity contribution in [3.05, 3.63) is 70.7 Å². The van der Waals surface area contributed by atoms with E-state index in [9.17, 15) is 9.59 Å². The van der Waals surface area contributed by atoms with Gasteiger partial charge in [0.05, 0.1) is 5.57 Å². The largest absolute Gasteiger partial charge is 0.449 e. The topological polar surface area (TPSA) is 55.4 Å². The van der Waals surface area contributed by atoms with E-state index in [1.807, 2.05) is 51.1 Å². The van der Waals surface area contributed by atoms with E-state index in [-0.39, 0.29) is 5.91 Å². The van der Waals surface area contributed by atoms with Crippen molar-refractivity contribution in [2.24, 2.45) is 0 Å². The molecule has 5 heteroatoms. The van der Waals surface area contributed by atoms with Crippen molar-refractivity contribution in [1.82, 2.24) is 5.32 Å². The second-order valence-electron chi connectivity index (χ2n) is 7.26. The molecule has 1 amide bonds. The molecule has 142 valence electrons.